The number of rotatable bonds is 2. The predicted molar refractivity (Wildman–Crippen MR) is 85.4 cm³/mol. The molecule has 1 heterocycles. The van der Waals surface area contributed by atoms with Gasteiger partial charge in [0.05, 0.1) is 0 Å². The fraction of sp³-hybridized carbons (Fsp3) is 0.235. The number of hydrogen-bond donors (Lipinski definition) is 0. The number of thiophene rings is 1. The third kappa shape index (κ3) is 2.72. The molecule has 0 N–H and O–H groups in total. The van der Waals surface area contributed by atoms with Crippen molar-refractivity contribution in [1.29, 1.82) is 0 Å². The number of benzene rings is 1. The molecule has 1 fully saturated rings. The third-order valence-corrected chi connectivity index (χ3v) is 5.20. The molecule has 1 aromatic heterocycles. The van der Waals surface area contributed by atoms with Crippen LogP contribution in [-0.2, 0) is 4.79 Å². The monoisotopic (exact) mass is 302 g/mol. The zero-order valence-electron chi connectivity index (χ0n) is 11.0. The van der Waals surface area contributed by atoms with E-state index in [0.717, 1.165) is 24.0 Å². The van der Waals surface area contributed by atoms with Gasteiger partial charge in [-0.15, -0.1) is 22.9 Å². The maximum absolute atomic E-state index is 12.4. The lowest BCUT2D eigenvalue weighted by Crippen LogP contribution is -2.29. The maximum atomic E-state index is 12.4. The van der Waals surface area contributed by atoms with Crippen molar-refractivity contribution in [2.45, 2.75) is 24.1 Å². The molecular weight excluding hydrogens is 288 g/mol. The average Bonchev–Trinajstić information content (AvgIpc) is 2.99. The van der Waals surface area contributed by atoms with Gasteiger partial charge in [-0.25, -0.2) is 0 Å². The minimum Gasteiger partial charge on any atom is -0.293 e. The van der Waals surface area contributed by atoms with Crippen LogP contribution in [0.1, 0.15) is 29.2 Å². The highest BCUT2D eigenvalue weighted by atomic mass is 35.5. The van der Waals surface area contributed by atoms with Crippen LogP contribution in [0.2, 0.25) is 0 Å². The molecule has 2 atom stereocenters. The largest absolute Gasteiger partial charge is 0.293 e. The molecule has 0 saturated heterocycles. The van der Waals surface area contributed by atoms with Crippen molar-refractivity contribution in [1.82, 2.24) is 0 Å². The van der Waals surface area contributed by atoms with Gasteiger partial charge in [-0.2, -0.15) is 0 Å². The third-order valence-electron chi connectivity index (χ3n) is 3.69. The van der Waals surface area contributed by atoms with Gasteiger partial charge < -0.3 is 0 Å². The zero-order chi connectivity index (χ0) is 13.9. The highest BCUT2D eigenvalue weighted by Gasteiger charge is 2.34. The summed E-state index contributed by atoms with van der Waals surface area (Å²) >= 11 is 8.09. The maximum Gasteiger partial charge on any atom is 0.177 e. The SMILES string of the molecule is O=C1C(=Cc2ccccc2)CCC(c2cccs2)C1Cl. The molecule has 20 heavy (non-hydrogen) atoms. The van der Waals surface area contributed by atoms with E-state index in [0.29, 0.717) is 0 Å². The molecule has 3 rings (SSSR count). The molecule has 102 valence electrons. The van der Waals surface area contributed by atoms with Gasteiger partial charge in [0.1, 0.15) is 5.38 Å². The van der Waals surface area contributed by atoms with Gasteiger partial charge in [-0.05, 0) is 41.5 Å². The zero-order valence-corrected chi connectivity index (χ0v) is 12.5. The second kappa shape index (κ2) is 5.94. The second-order valence-corrected chi connectivity index (χ2v) is 6.46. The van der Waals surface area contributed by atoms with Gasteiger partial charge >= 0.3 is 0 Å². The Labute approximate surface area is 127 Å². The van der Waals surface area contributed by atoms with Crippen molar-refractivity contribution in [3.63, 3.8) is 0 Å². The number of halogens is 1. The summed E-state index contributed by atoms with van der Waals surface area (Å²) in [6, 6.07) is 14.0. The van der Waals surface area contributed by atoms with E-state index in [2.05, 4.69) is 6.07 Å². The Balaban J connectivity index is 1.82. The van der Waals surface area contributed by atoms with Crippen molar-refractivity contribution in [3.8, 4) is 0 Å². The number of Topliss-reactive ketones (excluding diaryl/α,β-unsaturated/α-hetero) is 1. The van der Waals surface area contributed by atoms with Crippen LogP contribution >= 0.6 is 22.9 Å². The number of alkyl halides is 1. The molecule has 1 aromatic carbocycles. The van der Waals surface area contributed by atoms with E-state index in [4.69, 9.17) is 11.6 Å². The molecule has 1 nitrogen and oxygen atoms in total. The Bertz CT molecular complexity index is 616. The summed E-state index contributed by atoms with van der Waals surface area (Å²) in [5, 5.41) is 1.61. The van der Waals surface area contributed by atoms with E-state index in [1.807, 2.05) is 47.9 Å². The number of carbonyl (C=O) groups excluding carboxylic acids is 1. The van der Waals surface area contributed by atoms with Gasteiger partial charge in [-0.1, -0.05) is 36.4 Å². The summed E-state index contributed by atoms with van der Waals surface area (Å²) < 4.78 is 0. The summed E-state index contributed by atoms with van der Waals surface area (Å²) in [7, 11) is 0. The lowest BCUT2D eigenvalue weighted by Gasteiger charge is -2.27. The summed E-state index contributed by atoms with van der Waals surface area (Å²) in [6.07, 6.45) is 3.72. The first-order valence-corrected chi connectivity index (χ1v) is 8.04. The summed E-state index contributed by atoms with van der Waals surface area (Å²) in [5.74, 6) is 0.247. The number of carbonyl (C=O) groups is 1. The molecule has 1 aliphatic carbocycles. The molecule has 3 heteroatoms. The standard InChI is InChI=1S/C17H15ClOS/c18-16-14(15-7-4-10-20-15)9-8-13(17(16)19)11-12-5-2-1-3-6-12/h1-7,10-11,14,16H,8-9H2. The van der Waals surface area contributed by atoms with Crippen LogP contribution < -0.4 is 0 Å². The highest BCUT2D eigenvalue weighted by Crippen LogP contribution is 2.39. The fourth-order valence-corrected chi connectivity index (χ4v) is 4.00. The van der Waals surface area contributed by atoms with Crippen LogP contribution in [0.3, 0.4) is 0 Å². The topological polar surface area (TPSA) is 17.1 Å². The van der Waals surface area contributed by atoms with Crippen molar-refractivity contribution < 1.29 is 4.79 Å². The first kappa shape index (κ1) is 13.6. The molecule has 2 unspecified atom stereocenters. The van der Waals surface area contributed by atoms with E-state index < -0.39 is 5.38 Å². The molecule has 0 aliphatic heterocycles. The quantitative estimate of drug-likeness (QED) is 0.570. The van der Waals surface area contributed by atoms with Gasteiger partial charge in [-0.3, -0.25) is 4.79 Å². The Morgan fingerprint density at radius 1 is 1.15 bits per heavy atom. The van der Waals surface area contributed by atoms with Gasteiger partial charge in [0.25, 0.3) is 0 Å². The molecule has 0 radical (unpaired) electrons. The lowest BCUT2D eigenvalue weighted by atomic mass is 9.83. The lowest BCUT2D eigenvalue weighted by molar-refractivity contribution is -0.116. The van der Waals surface area contributed by atoms with E-state index in [9.17, 15) is 4.79 Å². The van der Waals surface area contributed by atoms with E-state index in [1.54, 1.807) is 11.3 Å². The Morgan fingerprint density at radius 2 is 1.95 bits per heavy atom. The summed E-state index contributed by atoms with van der Waals surface area (Å²) in [6.45, 7) is 0. The summed E-state index contributed by atoms with van der Waals surface area (Å²) in [4.78, 5) is 13.7. The van der Waals surface area contributed by atoms with Crippen LogP contribution in [-0.4, -0.2) is 11.2 Å². The van der Waals surface area contributed by atoms with Crippen molar-refractivity contribution in [2.24, 2.45) is 0 Å². The first-order chi connectivity index (χ1) is 9.75. The molecule has 1 aliphatic rings. The Hall–Kier alpha value is -1.38. The van der Waals surface area contributed by atoms with Gasteiger partial charge in [0.2, 0.25) is 0 Å². The first-order valence-electron chi connectivity index (χ1n) is 6.73. The smallest absolute Gasteiger partial charge is 0.177 e. The van der Waals surface area contributed by atoms with Gasteiger partial charge in [0, 0.05) is 10.8 Å². The van der Waals surface area contributed by atoms with Crippen molar-refractivity contribution in [2.75, 3.05) is 0 Å². The molecular formula is C17H15ClOS. The minimum atomic E-state index is -0.433. The highest BCUT2D eigenvalue weighted by molar-refractivity contribution is 7.10. The Kier molecular flexibility index (Phi) is 4.04. The molecule has 0 bridgehead atoms. The number of ketones is 1. The predicted octanol–water partition coefficient (Wildman–Crippen LogP) is 4.89. The molecule has 0 spiro atoms. The Morgan fingerprint density at radius 3 is 2.65 bits per heavy atom. The van der Waals surface area contributed by atoms with Crippen LogP contribution in [0.15, 0.2) is 53.4 Å². The molecule has 1 saturated carbocycles. The molecule has 0 amide bonds. The van der Waals surface area contributed by atoms with E-state index >= 15 is 0 Å². The minimum absolute atomic E-state index is 0.0835. The van der Waals surface area contributed by atoms with Crippen LogP contribution in [0, 0.1) is 0 Å². The second-order valence-electron chi connectivity index (χ2n) is 5.01. The van der Waals surface area contributed by atoms with E-state index in [-0.39, 0.29) is 11.7 Å². The van der Waals surface area contributed by atoms with Crippen LogP contribution in [0.25, 0.3) is 6.08 Å². The molecule has 2 aromatic rings. The number of allylic oxidation sites excluding steroid dienone is 1. The van der Waals surface area contributed by atoms with Gasteiger partial charge in [0.15, 0.2) is 5.78 Å². The number of hydrogen-bond acceptors (Lipinski definition) is 2. The van der Waals surface area contributed by atoms with Crippen molar-refractivity contribution in [3.05, 3.63) is 63.9 Å². The van der Waals surface area contributed by atoms with Crippen LogP contribution in [0.5, 0.6) is 0 Å². The normalized spacial score (nSPS) is 25.1. The van der Waals surface area contributed by atoms with Crippen molar-refractivity contribution >= 4 is 34.8 Å². The van der Waals surface area contributed by atoms with Crippen LogP contribution in [0.4, 0.5) is 0 Å². The van der Waals surface area contributed by atoms with E-state index in [1.165, 1.54) is 4.88 Å². The fourth-order valence-electron chi connectivity index (χ4n) is 2.62. The average molecular weight is 303 g/mol. The summed E-state index contributed by atoms with van der Waals surface area (Å²) in [5.41, 5.74) is 1.92.